The number of benzene rings is 1. The Labute approximate surface area is 160 Å². The molecule has 1 N–H and O–H groups in total. The van der Waals surface area contributed by atoms with Crippen molar-refractivity contribution in [2.45, 2.75) is 45.1 Å². The van der Waals surface area contributed by atoms with Gasteiger partial charge in [-0.3, -0.25) is 14.4 Å². The van der Waals surface area contributed by atoms with Crippen molar-refractivity contribution >= 4 is 17.8 Å². The zero-order valence-electron chi connectivity index (χ0n) is 16.0. The number of rotatable bonds is 8. The van der Waals surface area contributed by atoms with Gasteiger partial charge in [0.1, 0.15) is 12.3 Å². The molecule has 0 aromatic heterocycles. The van der Waals surface area contributed by atoms with E-state index in [1.807, 2.05) is 6.92 Å². The first-order valence-electron chi connectivity index (χ1n) is 9.42. The van der Waals surface area contributed by atoms with Crippen molar-refractivity contribution in [3.8, 4) is 5.75 Å². The lowest BCUT2D eigenvalue weighted by atomic mass is 9.94. The minimum atomic E-state index is -0.634. The van der Waals surface area contributed by atoms with Crippen molar-refractivity contribution in [3.63, 3.8) is 0 Å². The SMILES string of the molecule is CCN(C(=O)COC(=O)CNC(=O)c1ccc(OC)cc1)C1CCCCC1. The zero-order valence-corrected chi connectivity index (χ0v) is 16.0. The van der Waals surface area contributed by atoms with Gasteiger partial charge in [0.15, 0.2) is 6.61 Å². The Kier molecular flexibility index (Phi) is 8.10. The molecule has 1 aromatic rings. The van der Waals surface area contributed by atoms with Gasteiger partial charge in [-0.2, -0.15) is 0 Å². The summed E-state index contributed by atoms with van der Waals surface area (Å²) in [4.78, 5) is 38.0. The normalized spacial score (nSPS) is 14.3. The van der Waals surface area contributed by atoms with Gasteiger partial charge in [0.2, 0.25) is 0 Å². The van der Waals surface area contributed by atoms with E-state index in [1.54, 1.807) is 36.3 Å². The van der Waals surface area contributed by atoms with Crippen LogP contribution in [0.5, 0.6) is 5.75 Å². The zero-order chi connectivity index (χ0) is 19.6. The van der Waals surface area contributed by atoms with Crippen LogP contribution in [0.4, 0.5) is 0 Å². The molecular formula is C20H28N2O5. The number of carbonyl (C=O) groups excluding carboxylic acids is 3. The quantitative estimate of drug-likeness (QED) is 0.703. The maximum Gasteiger partial charge on any atom is 0.325 e. The Hall–Kier alpha value is -2.57. The second-order valence-electron chi connectivity index (χ2n) is 6.54. The number of esters is 1. The average molecular weight is 376 g/mol. The summed E-state index contributed by atoms with van der Waals surface area (Å²) in [6, 6.07) is 6.77. The number of nitrogens with zero attached hydrogens (tertiary/aromatic N) is 1. The van der Waals surface area contributed by atoms with E-state index >= 15 is 0 Å². The third kappa shape index (κ3) is 6.27. The van der Waals surface area contributed by atoms with Crippen molar-refractivity contribution in [1.29, 1.82) is 0 Å². The van der Waals surface area contributed by atoms with E-state index in [4.69, 9.17) is 9.47 Å². The monoisotopic (exact) mass is 376 g/mol. The van der Waals surface area contributed by atoms with Crippen LogP contribution in [0.1, 0.15) is 49.4 Å². The third-order valence-corrected chi connectivity index (χ3v) is 4.78. The van der Waals surface area contributed by atoms with Gasteiger partial charge in [-0.15, -0.1) is 0 Å². The Morgan fingerprint density at radius 2 is 1.78 bits per heavy atom. The van der Waals surface area contributed by atoms with Crippen LogP contribution in [0.3, 0.4) is 0 Å². The van der Waals surface area contributed by atoms with E-state index in [2.05, 4.69) is 5.32 Å². The molecule has 1 aliphatic rings. The Balaban J connectivity index is 1.74. The molecule has 0 spiro atoms. The summed E-state index contributed by atoms with van der Waals surface area (Å²) in [7, 11) is 1.54. The molecule has 1 fully saturated rings. The number of hydrogen-bond donors (Lipinski definition) is 1. The summed E-state index contributed by atoms with van der Waals surface area (Å²) in [5.74, 6) is -0.564. The first-order valence-corrected chi connectivity index (χ1v) is 9.42. The van der Waals surface area contributed by atoms with Crippen LogP contribution in [0.2, 0.25) is 0 Å². The van der Waals surface area contributed by atoms with Crippen molar-refractivity contribution in [2.75, 3.05) is 26.8 Å². The fraction of sp³-hybridized carbons (Fsp3) is 0.550. The number of amides is 2. The van der Waals surface area contributed by atoms with Crippen LogP contribution < -0.4 is 10.1 Å². The lowest BCUT2D eigenvalue weighted by Gasteiger charge is -2.33. The van der Waals surface area contributed by atoms with Crippen LogP contribution in [-0.4, -0.2) is 55.5 Å². The van der Waals surface area contributed by atoms with Gasteiger partial charge in [-0.1, -0.05) is 19.3 Å². The summed E-state index contributed by atoms with van der Waals surface area (Å²) >= 11 is 0. The molecule has 1 saturated carbocycles. The van der Waals surface area contributed by atoms with Crippen LogP contribution in [0.15, 0.2) is 24.3 Å². The molecule has 2 rings (SSSR count). The average Bonchev–Trinajstić information content (AvgIpc) is 2.71. The molecule has 1 aliphatic carbocycles. The van der Waals surface area contributed by atoms with Crippen LogP contribution in [-0.2, 0) is 14.3 Å². The Morgan fingerprint density at radius 3 is 2.37 bits per heavy atom. The largest absolute Gasteiger partial charge is 0.497 e. The van der Waals surface area contributed by atoms with Crippen molar-refractivity contribution in [2.24, 2.45) is 0 Å². The lowest BCUT2D eigenvalue weighted by molar-refractivity contribution is -0.152. The van der Waals surface area contributed by atoms with Crippen molar-refractivity contribution in [3.05, 3.63) is 29.8 Å². The topological polar surface area (TPSA) is 84.9 Å². The maximum atomic E-state index is 12.3. The molecule has 148 valence electrons. The molecule has 0 saturated heterocycles. The number of carbonyl (C=O) groups is 3. The van der Waals surface area contributed by atoms with Gasteiger partial charge in [0.05, 0.1) is 7.11 Å². The highest BCUT2D eigenvalue weighted by Crippen LogP contribution is 2.22. The fourth-order valence-corrected chi connectivity index (χ4v) is 3.30. The van der Waals surface area contributed by atoms with Gasteiger partial charge in [-0.05, 0) is 44.0 Å². The minimum Gasteiger partial charge on any atom is -0.497 e. The maximum absolute atomic E-state index is 12.3. The van der Waals surface area contributed by atoms with Crippen LogP contribution >= 0.6 is 0 Å². The van der Waals surface area contributed by atoms with Crippen molar-refractivity contribution < 1.29 is 23.9 Å². The number of ether oxygens (including phenoxy) is 2. The van der Waals surface area contributed by atoms with E-state index in [-0.39, 0.29) is 25.1 Å². The predicted molar refractivity (Wildman–Crippen MR) is 101 cm³/mol. The van der Waals surface area contributed by atoms with Gasteiger partial charge in [-0.25, -0.2) is 0 Å². The standard InChI is InChI=1S/C20H28N2O5/c1-3-22(16-7-5-4-6-8-16)18(23)14-27-19(24)13-21-20(25)15-9-11-17(26-2)12-10-15/h9-12,16H,3-8,13-14H2,1-2H3,(H,21,25). The van der Waals surface area contributed by atoms with E-state index in [0.29, 0.717) is 17.9 Å². The van der Waals surface area contributed by atoms with E-state index in [9.17, 15) is 14.4 Å². The Morgan fingerprint density at radius 1 is 1.11 bits per heavy atom. The van der Waals surface area contributed by atoms with E-state index < -0.39 is 11.9 Å². The molecule has 0 heterocycles. The van der Waals surface area contributed by atoms with E-state index in [1.165, 1.54) is 6.42 Å². The predicted octanol–water partition coefficient (Wildman–Crippen LogP) is 2.15. The highest BCUT2D eigenvalue weighted by molar-refractivity contribution is 5.96. The summed E-state index contributed by atoms with van der Waals surface area (Å²) < 4.78 is 10.1. The summed E-state index contributed by atoms with van der Waals surface area (Å²) in [6.45, 7) is 1.97. The van der Waals surface area contributed by atoms with Gasteiger partial charge >= 0.3 is 5.97 Å². The highest BCUT2D eigenvalue weighted by Gasteiger charge is 2.24. The smallest absolute Gasteiger partial charge is 0.325 e. The van der Waals surface area contributed by atoms with Gasteiger partial charge < -0.3 is 19.7 Å². The minimum absolute atomic E-state index is 0.181. The molecule has 7 heteroatoms. The van der Waals surface area contributed by atoms with E-state index in [0.717, 1.165) is 25.7 Å². The molecule has 0 unspecified atom stereocenters. The molecule has 0 bridgehead atoms. The lowest BCUT2D eigenvalue weighted by Crippen LogP contribution is -2.43. The fourth-order valence-electron chi connectivity index (χ4n) is 3.30. The number of likely N-dealkylation sites (N-methyl/N-ethyl adjacent to an activating group) is 1. The number of methoxy groups -OCH3 is 1. The third-order valence-electron chi connectivity index (χ3n) is 4.78. The first-order chi connectivity index (χ1) is 13.0. The second kappa shape index (κ2) is 10.5. The first kappa shape index (κ1) is 20.7. The number of nitrogens with one attached hydrogen (secondary N) is 1. The van der Waals surface area contributed by atoms with Crippen LogP contribution in [0, 0.1) is 0 Å². The summed E-state index contributed by atoms with van der Waals surface area (Å²) in [5.41, 5.74) is 0.411. The number of hydrogen-bond acceptors (Lipinski definition) is 5. The van der Waals surface area contributed by atoms with Crippen LogP contribution in [0.25, 0.3) is 0 Å². The molecule has 0 atom stereocenters. The molecule has 7 nitrogen and oxygen atoms in total. The molecule has 1 aromatic carbocycles. The molecular weight excluding hydrogens is 348 g/mol. The van der Waals surface area contributed by atoms with Gasteiger partial charge in [0.25, 0.3) is 11.8 Å². The Bertz CT molecular complexity index is 638. The second-order valence-corrected chi connectivity index (χ2v) is 6.54. The molecule has 2 amide bonds. The summed E-state index contributed by atoms with van der Waals surface area (Å²) in [5, 5.41) is 2.49. The molecule has 0 radical (unpaired) electrons. The summed E-state index contributed by atoms with van der Waals surface area (Å²) in [6.07, 6.45) is 5.49. The van der Waals surface area contributed by atoms with Gasteiger partial charge in [0, 0.05) is 18.2 Å². The molecule has 27 heavy (non-hydrogen) atoms. The highest BCUT2D eigenvalue weighted by atomic mass is 16.5. The molecule has 0 aliphatic heterocycles. The van der Waals surface area contributed by atoms with Crippen molar-refractivity contribution in [1.82, 2.24) is 10.2 Å².